The summed E-state index contributed by atoms with van der Waals surface area (Å²) >= 11 is 0.707. The van der Waals surface area contributed by atoms with Gasteiger partial charge in [0.2, 0.25) is 0 Å². The van der Waals surface area contributed by atoms with Gasteiger partial charge in [0.1, 0.15) is 34.9 Å². The molecule has 0 aromatic carbocycles. The fourth-order valence-corrected chi connectivity index (χ4v) is 2.80. The van der Waals surface area contributed by atoms with E-state index >= 15 is 0 Å². The lowest BCUT2D eigenvalue weighted by molar-refractivity contribution is -0.205. The first-order chi connectivity index (χ1) is 9.69. The highest BCUT2D eigenvalue weighted by molar-refractivity contribution is 8.14. The van der Waals surface area contributed by atoms with Crippen molar-refractivity contribution in [3.05, 3.63) is 0 Å². The summed E-state index contributed by atoms with van der Waals surface area (Å²) in [7, 11) is -5.00. The molecule has 0 radical (unpaired) electrons. The highest BCUT2D eigenvalue weighted by Gasteiger charge is 2.44. The Morgan fingerprint density at radius 3 is 2.43 bits per heavy atom. The van der Waals surface area contributed by atoms with Crippen LogP contribution in [-0.4, -0.2) is 74.9 Å². The lowest BCUT2D eigenvalue weighted by Crippen LogP contribution is -2.57. The average molecular weight is 346 g/mol. The summed E-state index contributed by atoms with van der Waals surface area (Å²) in [5, 5.41) is 41.1. The second-order valence-electron chi connectivity index (χ2n) is 4.14. The normalized spacial score (nSPS) is 34.8. The van der Waals surface area contributed by atoms with Crippen molar-refractivity contribution in [2.75, 3.05) is 6.61 Å². The van der Waals surface area contributed by atoms with Crippen LogP contribution in [0.15, 0.2) is 5.16 Å². The Morgan fingerprint density at radius 1 is 1.33 bits per heavy atom. The molecule has 0 aromatic heterocycles. The summed E-state index contributed by atoms with van der Waals surface area (Å²) in [5.74, 6) is 0. The van der Waals surface area contributed by atoms with E-state index in [1.165, 1.54) is 0 Å². The van der Waals surface area contributed by atoms with Crippen LogP contribution in [0.3, 0.4) is 0 Å². The molecule has 1 heterocycles. The van der Waals surface area contributed by atoms with Gasteiger partial charge in [-0.1, -0.05) is 23.8 Å². The third-order valence-corrected chi connectivity index (χ3v) is 4.15. The molecule has 0 amide bonds. The van der Waals surface area contributed by atoms with E-state index in [0.717, 1.165) is 0 Å². The molecule has 0 bridgehead atoms. The zero-order chi connectivity index (χ0) is 16.2. The van der Waals surface area contributed by atoms with Crippen molar-refractivity contribution >= 4 is 27.2 Å². The van der Waals surface area contributed by atoms with Gasteiger partial charge in [-0.2, -0.15) is 8.42 Å². The molecule has 0 saturated carbocycles. The average Bonchev–Trinajstić information content (AvgIpc) is 2.42. The smallest absolute Gasteiger partial charge is 0.284 e. The van der Waals surface area contributed by atoms with E-state index in [-0.39, 0.29) is 11.5 Å². The second-order valence-corrected chi connectivity index (χ2v) is 6.27. The maximum atomic E-state index is 10.3. The van der Waals surface area contributed by atoms with Gasteiger partial charge in [0.15, 0.2) is 0 Å². The SMILES string of the molecule is CCC(=NOS(=O)(=O)[O-])SC1OC(CO)C(O)C(O)C1O. The van der Waals surface area contributed by atoms with Gasteiger partial charge < -0.3 is 29.7 Å². The van der Waals surface area contributed by atoms with Crippen LogP contribution < -0.4 is 0 Å². The van der Waals surface area contributed by atoms with Crippen molar-refractivity contribution in [1.82, 2.24) is 0 Å². The molecule has 1 aliphatic rings. The van der Waals surface area contributed by atoms with Gasteiger partial charge in [-0.15, -0.1) is 0 Å². The Balaban J connectivity index is 2.79. The third kappa shape index (κ3) is 5.34. The fourth-order valence-electron chi connectivity index (χ4n) is 1.56. The first kappa shape index (κ1) is 18.6. The number of hydrogen-bond acceptors (Lipinski definition) is 11. The number of aliphatic hydroxyl groups is 4. The second kappa shape index (κ2) is 7.69. The lowest BCUT2D eigenvalue weighted by atomic mass is 10.0. The van der Waals surface area contributed by atoms with Crippen molar-refractivity contribution in [3.63, 3.8) is 0 Å². The van der Waals surface area contributed by atoms with Crippen LogP contribution in [0.5, 0.6) is 0 Å². The standard InChI is InChI=1S/C9H17NO9S2/c1-2-5(10-19-21(15,16)17)20-9-8(14)7(13)6(12)4(3-11)18-9/h4,6-9,11-14H,2-3H2,1H3,(H,15,16,17)/p-1. The predicted molar refractivity (Wildman–Crippen MR) is 69.9 cm³/mol. The van der Waals surface area contributed by atoms with Crippen LogP contribution in [-0.2, 0) is 19.4 Å². The third-order valence-electron chi connectivity index (χ3n) is 2.63. The van der Waals surface area contributed by atoms with Crippen molar-refractivity contribution in [1.29, 1.82) is 0 Å². The fraction of sp³-hybridized carbons (Fsp3) is 0.889. The molecule has 5 atom stereocenters. The Labute approximate surface area is 125 Å². The number of hydrogen-bond donors (Lipinski definition) is 4. The molecular weight excluding hydrogens is 330 g/mol. The molecule has 0 aromatic rings. The summed E-state index contributed by atoms with van der Waals surface area (Å²) in [4.78, 5) is 0. The summed E-state index contributed by atoms with van der Waals surface area (Å²) < 4.78 is 39.9. The molecule has 0 spiro atoms. The Morgan fingerprint density at radius 2 is 1.95 bits per heavy atom. The number of aliphatic hydroxyl groups excluding tert-OH is 4. The van der Waals surface area contributed by atoms with Gasteiger partial charge in [0.25, 0.3) is 10.4 Å². The van der Waals surface area contributed by atoms with Crippen molar-refractivity contribution in [2.24, 2.45) is 5.16 Å². The van der Waals surface area contributed by atoms with Crippen LogP contribution >= 0.6 is 11.8 Å². The number of nitrogens with zero attached hydrogens (tertiary/aromatic N) is 1. The van der Waals surface area contributed by atoms with Crippen molar-refractivity contribution < 1.29 is 42.4 Å². The molecule has 10 nitrogen and oxygen atoms in total. The molecule has 12 heteroatoms. The summed E-state index contributed by atoms with van der Waals surface area (Å²) in [5.41, 5.74) is -1.13. The Hall–Kier alpha value is -0.470. The Bertz CT molecular complexity index is 466. The number of ether oxygens (including phenoxy) is 1. The van der Waals surface area contributed by atoms with Crippen LogP contribution in [0.25, 0.3) is 0 Å². The molecule has 124 valence electrons. The molecule has 0 aliphatic carbocycles. The van der Waals surface area contributed by atoms with Crippen molar-refractivity contribution in [3.8, 4) is 0 Å². The van der Waals surface area contributed by atoms with Crippen LogP contribution in [0, 0.1) is 0 Å². The zero-order valence-electron chi connectivity index (χ0n) is 10.9. The lowest BCUT2D eigenvalue weighted by Gasteiger charge is -2.39. The number of oxime groups is 1. The van der Waals surface area contributed by atoms with Crippen LogP contribution in [0.1, 0.15) is 13.3 Å². The summed E-state index contributed by atoms with van der Waals surface area (Å²) in [6, 6.07) is 0. The van der Waals surface area contributed by atoms with Crippen LogP contribution in [0.2, 0.25) is 0 Å². The van der Waals surface area contributed by atoms with E-state index < -0.39 is 46.9 Å². The monoisotopic (exact) mass is 346 g/mol. The first-order valence-corrected chi connectivity index (χ1v) is 8.09. The minimum Gasteiger partial charge on any atom is -0.714 e. The van der Waals surface area contributed by atoms with E-state index in [4.69, 9.17) is 9.84 Å². The van der Waals surface area contributed by atoms with Crippen molar-refractivity contribution in [2.45, 2.75) is 43.2 Å². The molecule has 1 aliphatic heterocycles. The van der Waals surface area contributed by atoms with E-state index in [0.29, 0.717) is 11.8 Å². The highest BCUT2D eigenvalue weighted by atomic mass is 32.3. The Kier molecular flexibility index (Phi) is 6.80. The van der Waals surface area contributed by atoms with Gasteiger partial charge in [0, 0.05) is 0 Å². The summed E-state index contributed by atoms with van der Waals surface area (Å²) in [6.07, 6.45) is -5.50. The predicted octanol–water partition coefficient (Wildman–Crippen LogP) is -2.28. The molecule has 21 heavy (non-hydrogen) atoms. The molecule has 1 rings (SSSR count). The minimum atomic E-state index is -5.00. The molecule has 1 saturated heterocycles. The zero-order valence-corrected chi connectivity index (χ0v) is 12.5. The topological polar surface area (TPSA) is 169 Å². The van der Waals surface area contributed by atoms with Gasteiger partial charge in [-0.05, 0) is 6.42 Å². The quantitative estimate of drug-likeness (QED) is 0.140. The molecule has 5 unspecified atom stereocenters. The summed E-state index contributed by atoms with van der Waals surface area (Å²) in [6.45, 7) is 0.989. The number of thioether (sulfide) groups is 1. The van der Waals surface area contributed by atoms with Crippen LogP contribution in [0.4, 0.5) is 0 Å². The van der Waals surface area contributed by atoms with Gasteiger partial charge in [-0.25, -0.2) is 0 Å². The van der Waals surface area contributed by atoms with Gasteiger partial charge >= 0.3 is 0 Å². The minimum absolute atomic E-state index is 0.0127. The maximum absolute atomic E-state index is 10.3. The highest BCUT2D eigenvalue weighted by Crippen LogP contribution is 2.30. The van der Waals surface area contributed by atoms with E-state index in [1.54, 1.807) is 6.92 Å². The maximum Gasteiger partial charge on any atom is 0.284 e. The van der Waals surface area contributed by atoms with E-state index in [9.17, 15) is 28.3 Å². The number of rotatable bonds is 5. The first-order valence-electron chi connectivity index (χ1n) is 5.88. The molecule has 1 fully saturated rings. The van der Waals surface area contributed by atoms with E-state index in [1.807, 2.05) is 0 Å². The van der Waals surface area contributed by atoms with Gasteiger partial charge in [-0.3, -0.25) is 4.28 Å². The largest absolute Gasteiger partial charge is 0.714 e. The molecular formula is C9H16NO9S2-. The van der Waals surface area contributed by atoms with E-state index in [2.05, 4.69) is 9.44 Å². The van der Waals surface area contributed by atoms with Gasteiger partial charge in [0.05, 0.1) is 6.61 Å². The molecule has 4 N–H and O–H groups in total.